The van der Waals surface area contributed by atoms with Gasteiger partial charge < -0.3 is 0 Å². The molecular formula is C15H22O. The van der Waals surface area contributed by atoms with Gasteiger partial charge in [0.15, 0.2) is 5.78 Å². The molecule has 0 aromatic heterocycles. The summed E-state index contributed by atoms with van der Waals surface area (Å²) in [6.07, 6.45) is 13.2. The van der Waals surface area contributed by atoms with Crippen LogP contribution in [0.3, 0.4) is 0 Å². The fourth-order valence-corrected chi connectivity index (χ4v) is 3.14. The molecule has 1 nitrogen and oxygen atoms in total. The summed E-state index contributed by atoms with van der Waals surface area (Å²) in [5, 5.41) is 0. The standard InChI is InChI=1S/C15H22O/c1-2-3-8-15(16)14-10-9-12-6-4-5-7-13(12)11-14/h2,10,12-13H,1,3-9,11H2/t12-,13+/m1/s1. The van der Waals surface area contributed by atoms with Gasteiger partial charge in [-0.2, -0.15) is 0 Å². The highest BCUT2D eigenvalue weighted by Crippen LogP contribution is 2.40. The Hall–Kier alpha value is -0.850. The Balaban J connectivity index is 1.94. The van der Waals surface area contributed by atoms with Crippen LogP contribution < -0.4 is 0 Å². The molecule has 0 aromatic rings. The molecule has 0 bridgehead atoms. The minimum Gasteiger partial charge on any atom is -0.295 e. The summed E-state index contributed by atoms with van der Waals surface area (Å²) < 4.78 is 0. The van der Waals surface area contributed by atoms with E-state index < -0.39 is 0 Å². The topological polar surface area (TPSA) is 17.1 Å². The average molecular weight is 218 g/mol. The van der Waals surface area contributed by atoms with E-state index >= 15 is 0 Å². The van der Waals surface area contributed by atoms with Crippen LogP contribution >= 0.6 is 0 Å². The summed E-state index contributed by atoms with van der Waals surface area (Å²) >= 11 is 0. The van der Waals surface area contributed by atoms with Gasteiger partial charge in [0, 0.05) is 6.42 Å². The Kier molecular flexibility index (Phi) is 3.98. The van der Waals surface area contributed by atoms with Gasteiger partial charge in [-0.15, -0.1) is 6.58 Å². The highest BCUT2D eigenvalue weighted by atomic mass is 16.1. The highest BCUT2D eigenvalue weighted by molar-refractivity contribution is 5.95. The molecule has 0 aliphatic heterocycles. The van der Waals surface area contributed by atoms with Crippen LogP contribution in [-0.2, 0) is 4.79 Å². The van der Waals surface area contributed by atoms with Crippen LogP contribution in [0.25, 0.3) is 0 Å². The average Bonchev–Trinajstić information content (AvgIpc) is 2.35. The lowest BCUT2D eigenvalue weighted by atomic mass is 9.70. The lowest BCUT2D eigenvalue weighted by Gasteiger charge is -2.34. The van der Waals surface area contributed by atoms with Crippen molar-refractivity contribution in [1.82, 2.24) is 0 Å². The predicted octanol–water partition coefficient (Wildman–Crippen LogP) is 4.05. The highest BCUT2D eigenvalue weighted by Gasteiger charge is 2.29. The molecular weight excluding hydrogens is 196 g/mol. The molecule has 0 aromatic carbocycles. The van der Waals surface area contributed by atoms with E-state index in [1.54, 1.807) is 0 Å². The van der Waals surface area contributed by atoms with Crippen molar-refractivity contribution in [3.63, 3.8) is 0 Å². The van der Waals surface area contributed by atoms with Crippen molar-refractivity contribution in [3.05, 3.63) is 24.3 Å². The molecule has 2 aliphatic rings. The molecule has 88 valence electrons. The summed E-state index contributed by atoms with van der Waals surface area (Å²) in [5.74, 6) is 2.05. The number of allylic oxidation sites excluding steroid dienone is 3. The van der Waals surface area contributed by atoms with Gasteiger partial charge in [-0.3, -0.25) is 4.79 Å². The zero-order valence-corrected chi connectivity index (χ0v) is 10.1. The van der Waals surface area contributed by atoms with Crippen LogP contribution in [-0.4, -0.2) is 5.78 Å². The summed E-state index contributed by atoms with van der Waals surface area (Å²) in [4.78, 5) is 11.9. The van der Waals surface area contributed by atoms with Crippen LogP contribution in [0, 0.1) is 11.8 Å². The predicted molar refractivity (Wildman–Crippen MR) is 67.2 cm³/mol. The Bertz CT molecular complexity index is 301. The van der Waals surface area contributed by atoms with E-state index in [2.05, 4.69) is 12.7 Å². The Morgan fingerprint density at radius 2 is 2.12 bits per heavy atom. The largest absolute Gasteiger partial charge is 0.295 e. The third kappa shape index (κ3) is 2.63. The summed E-state index contributed by atoms with van der Waals surface area (Å²) in [5.41, 5.74) is 1.12. The van der Waals surface area contributed by atoms with Crippen molar-refractivity contribution in [2.24, 2.45) is 11.8 Å². The first-order valence-corrected chi connectivity index (χ1v) is 6.64. The molecule has 1 fully saturated rings. The van der Waals surface area contributed by atoms with E-state index in [9.17, 15) is 4.79 Å². The molecule has 0 saturated heterocycles. The van der Waals surface area contributed by atoms with Crippen LogP contribution in [0.15, 0.2) is 24.3 Å². The number of Topliss-reactive ketones (excluding diaryl/α,β-unsaturated/α-hetero) is 1. The minimum atomic E-state index is 0.365. The van der Waals surface area contributed by atoms with Crippen molar-refractivity contribution in [2.45, 2.75) is 51.4 Å². The van der Waals surface area contributed by atoms with E-state index in [0.29, 0.717) is 12.2 Å². The maximum Gasteiger partial charge on any atom is 0.158 e. The lowest BCUT2D eigenvalue weighted by molar-refractivity contribution is -0.116. The zero-order chi connectivity index (χ0) is 11.4. The molecule has 0 unspecified atom stereocenters. The van der Waals surface area contributed by atoms with Crippen molar-refractivity contribution >= 4 is 5.78 Å². The fourth-order valence-electron chi connectivity index (χ4n) is 3.14. The molecule has 1 heteroatoms. The van der Waals surface area contributed by atoms with Gasteiger partial charge in [-0.05, 0) is 49.5 Å². The number of carbonyl (C=O) groups is 1. The second-order valence-corrected chi connectivity index (χ2v) is 5.22. The second-order valence-electron chi connectivity index (χ2n) is 5.22. The van der Waals surface area contributed by atoms with Crippen LogP contribution in [0.2, 0.25) is 0 Å². The van der Waals surface area contributed by atoms with Crippen molar-refractivity contribution in [1.29, 1.82) is 0 Å². The number of hydrogen-bond donors (Lipinski definition) is 0. The normalized spacial score (nSPS) is 29.1. The monoisotopic (exact) mass is 218 g/mol. The van der Waals surface area contributed by atoms with Gasteiger partial charge in [0.25, 0.3) is 0 Å². The maximum atomic E-state index is 11.9. The first kappa shape index (κ1) is 11.6. The summed E-state index contributed by atoms with van der Waals surface area (Å²) in [6, 6.07) is 0. The van der Waals surface area contributed by atoms with Gasteiger partial charge in [0.2, 0.25) is 0 Å². The summed E-state index contributed by atoms with van der Waals surface area (Å²) in [7, 11) is 0. The first-order chi connectivity index (χ1) is 7.81. The lowest BCUT2D eigenvalue weighted by Crippen LogP contribution is -2.24. The van der Waals surface area contributed by atoms with Crippen molar-refractivity contribution < 1.29 is 4.79 Å². The van der Waals surface area contributed by atoms with E-state index in [0.717, 1.165) is 36.7 Å². The zero-order valence-electron chi connectivity index (χ0n) is 10.1. The Morgan fingerprint density at radius 3 is 2.88 bits per heavy atom. The molecule has 1 saturated carbocycles. The molecule has 0 amide bonds. The first-order valence-electron chi connectivity index (χ1n) is 6.64. The van der Waals surface area contributed by atoms with Crippen LogP contribution in [0.1, 0.15) is 51.4 Å². The molecule has 2 aliphatic carbocycles. The molecule has 2 rings (SSSR count). The van der Waals surface area contributed by atoms with Crippen molar-refractivity contribution in [3.8, 4) is 0 Å². The third-order valence-electron chi connectivity index (χ3n) is 4.15. The third-order valence-corrected chi connectivity index (χ3v) is 4.15. The molecule has 0 spiro atoms. The van der Waals surface area contributed by atoms with E-state index in [4.69, 9.17) is 0 Å². The van der Waals surface area contributed by atoms with Gasteiger partial charge in [0.05, 0.1) is 0 Å². The van der Waals surface area contributed by atoms with Crippen LogP contribution in [0.5, 0.6) is 0 Å². The Morgan fingerprint density at radius 1 is 1.38 bits per heavy atom. The minimum absolute atomic E-state index is 0.365. The smallest absolute Gasteiger partial charge is 0.158 e. The van der Waals surface area contributed by atoms with E-state index in [1.165, 1.54) is 25.7 Å². The van der Waals surface area contributed by atoms with E-state index in [-0.39, 0.29) is 0 Å². The molecule has 16 heavy (non-hydrogen) atoms. The van der Waals surface area contributed by atoms with Crippen molar-refractivity contribution in [2.75, 3.05) is 0 Å². The van der Waals surface area contributed by atoms with Crippen LogP contribution in [0.4, 0.5) is 0 Å². The number of ketones is 1. The maximum absolute atomic E-state index is 11.9. The number of rotatable bonds is 4. The molecule has 0 N–H and O–H groups in total. The molecule has 2 atom stereocenters. The fraction of sp³-hybridized carbons (Fsp3) is 0.667. The Labute approximate surface area is 98.6 Å². The van der Waals surface area contributed by atoms with Gasteiger partial charge in [0.1, 0.15) is 0 Å². The van der Waals surface area contributed by atoms with Gasteiger partial charge in [-0.25, -0.2) is 0 Å². The number of carbonyl (C=O) groups excluding carboxylic acids is 1. The summed E-state index contributed by atoms with van der Waals surface area (Å²) in [6.45, 7) is 3.67. The quantitative estimate of drug-likeness (QED) is 0.651. The SMILES string of the molecule is C=CCCC(=O)C1=CC[C@H]2CCCC[C@H]2C1. The van der Waals surface area contributed by atoms with Gasteiger partial charge >= 0.3 is 0 Å². The number of fused-ring (bicyclic) bond motifs is 1. The molecule has 0 heterocycles. The van der Waals surface area contributed by atoms with E-state index in [1.807, 2.05) is 6.08 Å². The number of hydrogen-bond acceptors (Lipinski definition) is 1. The molecule has 0 radical (unpaired) electrons. The van der Waals surface area contributed by atoms with Gasteiger partial charge in [-0.1, -0.05) is 25.0 Å². The second kappa shape index (κ2) is 5.47.